The van der Waals surface area contributed by atoms with Crippen molar-refractivity contribution in [1.29, 1.82) is 5.26 Å². The average molecular weight is 265 g/mol. The number of nitriles is 1. The molecule has 0 aliphatic carbocycles. The first-order valence-corrected chi connectivity index (χ1v) is 7.15. The van der Waals surface area contributed by atoms with Crippen LogP contribution in [0.25, 0.3) is 0 Å². The predicted molar refractivity (Wildman–Crippen MR) is 66.1 cm³/mol. The Labute approximate surface area is 107 Å². The highest BCUT2D eigenvalue weighted by molar-refractivity contribution is 7.89. The Balaban J connectivity index is 2.29. The van der Waals surface area contributed by atoms with Crippen LogP contribution in [-0.2, 0) is 10.0 Å². The second-order valence-electron chi connectivity index (χ2n) is 5.24. The molecule has 0 atom stereocenters. The fourth-order valence-electron chi connectivity index (χ4n) is 2.02. The van der Waals surface area contributed by atoms with Crippen molar-refractivity contribution in [3.05, 3.63) is 24.0 Å². The fourth-order valence-corrected chi connectivity index (χ4v) is 3.59. The van der Waals surface area contributed by atoms with E-state index in [4.69, 9.17) is 5.26 Å². The van der Waals surface area contributed by atoms with Crippen molar-refractivity contribution in [2.45, 2.75) is 25.2 Å². The maximum absolute atomic E-state index is 12.3. The molecule has 0 saturated carbocycles. The monoisotopic (exact) mass is 265 g/mol. The van der Waals surface area contributed by atoms with Gasteiger partial charge in [-0.05, 0) is 24.0 Å². The lowest BCUT2D eigenvalue weighted by Gasteiger charge is -2.19. The number of aromatic nitrogens is 1. The molecule has 6 heteroatoms. The van der Waals surface area contributed by atoms with E-state index in [1.165, 1.54) is 22.6 Å². The maximum atomic E-state index is 12.3. The van der Waals surface area contributed by atoms with Gasteiger partial charge in [0.05, 0.1) is 0 Å². The van der Waals surface area contributed by atoms with Crippen LogP contribution in [0.4, 0.5) is 0 Å². The van der Waals surface area contributed by atoms with Crippen LogP contribution in [0.1, 0.15) is 26.0 Å². The SMILES string of the molecule is CC1(C)CCN(S(=O)(=O)c2ccc(C#N)nc2)C1. The molecule has 1 aromatic heterocycles. The maximum Gasteiger partial charge on any atom is 0.244 e. The van der Waals surface area contributed by atoms with Gasteiger partial charge >= 0.3 is 0 Å². The molecule has 96 valence electrons. The molecule has 0 spiro atoms. The van der Waals surface area contributed by atoms with Crippen LogP contribution in [-0.4, -0.2) is 30.8 Å². The normalized spacial score (nSPS) is 19.6. The molecule has 1 aliphatic rings. The molecule has 1 aliphatic heterocycles. The van der Waals surface area contributed by atoms with E-state index in [0.29, 0.717) is 13.1 Å². The van der Waals surface area contributed by atoms with Gasteiger partial charge < -0.3 is 0 Å². The quantitative estimate of drug-likeness (QED) is 0.809. The van der Waals surface area contributed by atoms with Crippen molar-refractivity contribution in [2.24, 2.45) is 5.41 Å². The first kappa shape index (κ1) is 13.0. The lowest BCUT2D eigenvalue weighted by Crippen LogP contribution is -2.30. The van der Waals surface area contributed by atoms with Crippen molar-refractivity contribution in [2.75, 3.05) is 13.1 Å². The third kappa shape index (κ3) is 2.37. The second-order valence-corrected chi connectivity index (χ2v) is 7.18. The van der Waals surface area contributed by atoms with E-state index in [9.17, 15) is 8.42 Å². The van der Waals surface area contributed by atoms with E-state index in [1.54, 1.807) is 0 Å². The van der Waals surface area contributed by atoms with Crippen LogP contribution >= 0.6 is 0 Å². The smallest absolute Gasteiger partial charge is 0.244 e. The van der Waals surface area contributed by atoms with Crippen molar-refractivity contribution in [3.63, 3.8) is 0 Å². The average Bonchev–Trinajstić information content (AvgIpc) is 2.70. The molecule has 5 nitrogen and oxygen atoms in total. The van der Waals surface area contributed by atoms with Crippen LogP contribution in [0.2, 0.25) is 0 Å². The van der Waals surface area contributed by atoms with E-state index in [0.717, 1.165) is 6.42 Å². The molecular formula is C12H15N3O2S. The minimum absolute atomic E-state index is 0.0209. The van der Waals surface area contributed by atoms with Gasteiger partial charge in [-0.25, -0.2) is 13.4 Å². The largest absolute Gasteiger partial charge is 0.244 e. The van der Waals surface area contributed by atoms with E-state index in [1.807, 2.05) is 6.07 Å². The molecule has 0 N–H and O–H groups in total. The summed E-state index contributed by atoms with van der Waals surface area (Å²) >= 11 is 0. The van der Waals surface area contributed by atoms with E-state index >= 15 is 0 Å². The Kier molecular flexibility index (Phi) is 3.13. The predicted octanol–water partition coefficient (Wildman–Crippen LogP) is 1.37. The minimum Gasteiger partial charge on any atom is -0.244 e. The van der Waals surface area contributed by atoms with Gasteiger partial charge in [0.25, 0.3) is 0 Å². The van der Waals surface area contributed by atoms with Crippen LogP contribution < -0.4 is 0 Å². The molecule has 0 radical (unpaired) electrons. The summed E-state index contributed by atoms with van der Waals surface area (Å²) in [6.07, 6.45) is 2.11. The number of pyridine rings is 1. The Morgan fingerprint density at radius 2 is 2.17 bits per heavy atom. The van der Waals surface area contributed by atoms with Crippen molar-refractivity contribution in [1.82, 2.24) is 9.29 Å². The summed E-state index contributed by atoms with van der Waals surface area (Å²) in [6, 6.07) is 4.73. The summed E-state index contributed by atoms with van der Waals surface area (Å²) in [5, 5.41) is 8.64. The van der Waals surface area contributed by atoms with Gasteiger partial charge in [0, 0.05) is 19.3 Å². The topological polar surface area (TPSA) is 74.1 Å². The molecule has 1 fully saturated rings. The molecule has 0 bridgehead atoms. The fraction of sp³-hybridized carbons (Fsp3) is 0.500. The highest BCUT2D eigenvalue weighted by Crippen LogP contribution is 2.32. The van der Waals surface area contributed by atoms with Gasteiger partial charge in [-0.3, -0.25) is 0 Å². The number of sulfonamides is 1. The van der Waals surface area contributed by atoms with Gasteiger partial charge in [0.1, 0.15) is 16.7 Å². The lowest BCUT2D eigenvalue weighted by atomic mass is 9.93. The summed E-state index contributed by atoms with van der Waals surface area (Å²) in [7, 11) is -3.47. The van der Waals surface area contributed by atoms with Crippen LogP contribution in [0.5, 0.6) is 0 Å². The zero-order valence-electron chi connectivity index (χ0n) is 10.4. The molecule has 2 heterocycles. The van der Waals surface area contributed by atoms with Crippen LogP contribution in [0, 0.1) is 16.7 Å². The summed E-state index contributed by atoms with van der Waals surface area (Å²) in [5.74, 6) is 0. The highest BCUT2D eigenvalue weighted by Gasteiger charge is 2.36. The van der Waals surface area contributed by atoms with E-state index in [-0.39, 0.29) is 16.0 Å². The highest BCUT2D eigenvalue weighted by atomic mass is 32.2. The Morgan fingerprint density at radius 3 is 2.61 bits per heavy atom. The van der Waals surface area contributed by atoms with E-state index < -0.39 is 10.0 Å². The summed E-state index contributed by atoms with van der Waals surface area (Å²) in [5.41, 5.74) is 0.239. The van der Waals surface area contributed by atoms with Gasteiger partial charge in [-0.2, -0.15) is 9.57 Å². The van der Waals surface area contributed by atoms with Crippen LogP contribution in [0.15, 0.2) is 23.2 Å². The van der Waals surface area contributed by atoms with Gasteiger partial charge in [0.15, 0.2) is 0 Å². The molecule has 1 aromatic rings. The molecular weight excluding hydrogens is 250 g/mol. The lowest BCUT2D eigenvalue weighted by molar-refractivity contribution is 0.375. The molecule has 1 saturated heterocycles. The molecule has 0 amide bonds. The summed E-state index contributed by atoms with van der Waals surface area (Å²) in [6.45, 7) is 5.17. The second kappa shape index (κ2) is 4.34. The Hall–Kier alpha value is -1.45. The zero-order chi connectivity index (χ0) is 13.4. The number of hydrogen-bond acceptors (Lipinski definition) is 4. The van der Waals surface area contributed by atoms with Crippen molar-refractivity contribution < 1.29 is 8.42 Å². The number of rotatable bonds is 2. The standard InChI is InChI=1S/C12H15N3O2S/c1-12(2)5-6-15(9-12)18(16,17)11-4-3-10(7-13)14-8-11/h3-4,8H,5-6,9H2,1-2H3. The van der Waals surface area contributed by atoms with E-state index in [2.05, 4.69) is 18.8 Å². The van der Waals surface area contributed by atoms with Gasteiger partial charge in [-0.15, -0.1) is 0 Å². The molecule has 0 aromatic carbocycles. The Bertz CT molecular complexity index is 585. The van der Waals surface area contributed by atoms with Gasteiger partial charge in [0.2, 0.25) is 10.0 Å². The number of nitrogens with zero attached hydrogens (tertiary/aromatic N) is 3. The zero-order valence-corrected chi connectivity index (χ0v) is 11.2. The number of hydrogen-bond donors (Lipinski definition) is 0. The molecule has 18 heavy (non-hydrogen) atoms. The first-order valence-electron chi connectivity index (χ1n) is 5.71. The first-order chi connectivity index (χ1) is 8.35. The van der Waals surface area contributed by atoms with Gasteiger partial charge in [-0.1, -0.05) is 13.8 Å². The van der Waals surface area contributed by atoms with Crippen LogP contribution in [0.3, 0.4) is 0 Å². The third-order valence-electron chi connectivity index (χ3n) is 3.13. The van der Waals surface area contributed by atoms with Crippen molar-refractivity contribution in [3.8, 4) is 6.07 Å². The minimum atomic E-state index is -3.47. The molecule has 2 rings (SSSR count). The summed E-state index contributed by atoms with van der Waals surface area (Å²) < 4.78 is 26.1. The summed E-state index contributed by atoms with van der Waals surface area (Å²) in [4.78, 5) is 3.96. The molecule has 0 unspecified atom stereocenters. The Morgan fingerprint density at radius 1 is 1.44 bits per heavy atom. The third-order valence-corrected chi connectivity index (χ3v) is 4.96. The van der Waals surface area contributed by atoms with Crippen molar-refractivity contribution >= 4 is 10.0 Å².